The molecule has 1 heterocycles. The Balaban J connectivity index is 1.87. The number of fused-ring (bicyclic) bond motifs is 1. The smallest absolute Gasteiger partial charge is 0.120 e. The first kappa shape index (κ1) is 16.7. The van der Waals surface area contributed by atoms with E-state index in [1.165, 1.54) is 0 Å². The Hall–Kier alpha value is -1.20. The Morgan fingerprint density at radius 2 is 1.83 bits per heavy atom. The Kier molecular flexibility index (Phi) is 5.49. The lowest BCUT2D eigenvalue weighted by Crippen LogP contribution is -2.07. The maximum absolute atomic E-state index is 6.08. The molecule has 0 aliphatic carbocycles. The molecule has 0 saturated heterocycles. The van der Waals surface area contributed by atoms with E-state index in [2.05, 4.69) is 4.57 Å². The first-order valence-electron chi connectivity index (χ1n) is 7.19. The number of hydrogen-bond acceptors (Lipinski definition) is 3. The van der Waals surface area contributed by atoms with Gasteiger partial charge in [-0.25, -0.2) is 4.98 Å². The second-order valence-electron chi connectivity index (χ2n) is 5.05. The summed E-state index contributed by atoms with van der Waals surface area (Å²) in [6, 6.07) is 13.6. The number of benzene rings is 2. The summed E-state index contributed by atoms with van der Waals surface area (Å²) in [5, 5.41) is 1.45. The highest BCUT2D eigenvalue weighted by Gasteiger charge is 2.11. The number of rotatable bonds is 6. The molecule has 0 atom stereocenters. The quantitative estimate of drug-likeness (QED) is 0.555. The SMILES string of the molecule is COCCn1c(CSc2ccc(Cl)cc2)nc2cc(Cl)ccc21. The maximum atomic E-state index is 6.08. The van der Waals surface area contributed by atoms with Crippen LogP contribution < -0.4 is 0 Å². The van der Waals surface area contributed by atoms with Crippen LogP contribution in [-0.2, 0) is 17.0 Å². The summed E-state index contributed by atoms with van der Waals surface area (Å²) < 4.78 is 7.42. The van der Waals surface area contributed by atoms with Crippen LogP contribution in [0, 0.1) is 0 Å². The van der Waals surface area contributed by atoms with Crippen molar-refractivity contribution in [2.45, 2.75) is 17.2 Å². The lowest BCUT2D eigenvalue weighted by Gasteiger charge is -2.08. The fraction of sp³-hybridized carbons (Fsp3) is 0.235. The van der Waals surface area contributed by atoms with E-state index < -0.39 is 0 Å². The van der Waals surface area contributed by atoms with Crippen LogP contribution in [0.25, 0.3) is 11.0 Å². The number of thioether (sulfide) groups is 1. The van der Waals surface area contributed by atoms with Gasteiger partial charge in [0.15, 0.2) is 0 Å². The molecular weight excluding hydrogens is 351 g/mol. The van der Waals surface area contributed by atoms with Crippen molar-refractivity contribution in [3.8, 4) is 0 Å². The second kappa shape index (κ2) is 7.58. The van der Waals surface area contributed by atoms with Crippen molar-refractivity contribution in [2.24, 2.45) is 0 Å². The van der Waals surface area contributed by atoms with Gasteiger partial charge in [-0.1, -0.05) is 23.2 Å². The van der Waals surface area contributed by atoms with Gasteiger partial charge < -0.3 is 9.30 Å². The highest BCUT2D eigenvalue weighted by atomic mass is 35.5. The standard InChI is InChI=1S/C17H16Cl2N2OS/c1-22-9-8-21-16-7-4-13(19)10-15(16)20-17(21)11-23-14-5-2-12(18)3-6-14/h2-7,10H,8-9,11H2,1H3. The summed E-state index contributed by atoms with van der Waals surface area (Å²) in [5.74, 6) is 1.79. The van der Waals surface area contributed by atoms with Crippen LogP contribution in [0.15, 0.2) is 47.4 Å². The molecular formula is C17H16Cl2N2OS. The topological polar surface area (TPSA) is 27.1 Å². The predicted molar refractivity (Wildman–Crippen MR) is 97.6 cm³/mol. The van der Waals surface area contributed by atoms with E-state index in [0.29, 0.717) is 11.6 Å². The zero-order valence-corrected chi connectivity index (χ0v) is 15.0. The third-order valence-corrected chi connectivity index (χ3v) is 4.99. The second-order valence-corrected chi connectivity index (χ2v) is 6.97. The van der Waals surface area contributed by atoms with Crippen LogP contribution in [0.4, 0.5) is 0 Å². The van der Waals surface area contributed by atoms with E-state index >= 15 is 0 Å². The molecule has 23 heavy (non-hydrogen) atoms. The van der Waals surface area contributed by atoms with Crippen LogP contribution in [0.3, 0.4) is 0 Å². The maximum Gasteiger partial charge on any atom is 0.120 e. The van der Waals surface area contributed by atoms with Crippen molar-refractivity contribution in [3.63, 3.8) is 0 Å². The Morgan fingerprint density at radius 3 is 2.57 bits per heavy atom. The molecule has 0 bridgehead atoms. The molecule has 3 rings (SSSR count). The van der Waals surface area contributed by atoms with Gasteiger partial charge in [0, 0.05) is 28.6 Å². The summed E-state index contributed by atoms with van der Waals surface area (Å²) in [6.45, 7) is 1.41. The van der Waals surface area contributed by atoms with Crippen LogP contribution in [-0.4, -0.2) is 23.3 Å². The number of ether oxygens (including phenoxy) is 1. The van der Waals surface area contributed by atoms with Gasteiger partial charge in [0.25, 0.3) is 0 Å². The van der Waals surface area contributed by atoms with Crippen molar-refractivity contribution in [2.75, 3.05) is 13.7 Å². The zero-order valence-electron chi connectivity index (χ0n) is 12.6. The summed E-state index contributed by atoms with van der Waals surface area (Å²) in [6.07, 6.45) is 0. The molecule has 6 heteroatoms. The number of imidazole rings is 1. The van der Waals surface area contributed by atoms with Gasteiger partial charge in [0.05, 0.1) is 23.4 Å². The highest BCUT2D eigenvalue weighted by molar-refractivity contribution is 7.98. The number of methoxy groups -OCH3 is 1. The average Bonchev–Trinajstić information content (AvgIpc) is 2.89. The van der Waals surface area contributed by atoms with Gasteiger partial charge in [-0.05, 0) is 42.5 Å². The Labute approximate surface area is 149 Å². The van der Waals surface area contributed by atoms with Crippen LogP contribution in [0.2, 0.25) is 10.0 Å². The van der Waals surface area contributed by atoms with Gasteiger partial charge in [-0.3, -0.25) is 0 Å². The third kappa shape index (κ3) is 4.01. The lowest BCUT2D eigenvalue weighted by atomic mass is 10.3. The summed E-state index contributed by atoms with van der Waals surface area (Å²) in [5.41, 5.74) is 2.00. The molecule has 0 saturated carbocycles. The molecule has 0 fully saturated rings. The normalized spacial score (nSPS) is 11.3. The number of halogens is 2. The Bertz CT molecular complexity index is 802. The largest absolute Gasteiger partial charge is 0.383 e. The molecule has 0 unspecified atom stereocenters. The molecule has 0 N–H and O–H groups in total. The highest BCUT2D eigenvalue weighted by Crippen LogP contribution is 2.27. The van der Waals surface area contributed by atoms with Crippen LogP contribution in [0.5, 0.6) is 0 Å². The summed E-state index contributed by atoms with van der Waals surface area (Å²) >= 11 is 13.7. The molecule has 0 aliphatic rings. The van der Waals surface area contributed by atoms with E-state index in [0.717, 1.165) is 39.1 Å². The molecule has 2 aromatic carbocycles. The lowest BCUT2D eigenvalue weighted by molar-refractivity contribution is 0.187. The first-order chi connectivity index (χ1) is 11.2. The van der Waals surface area contributed by atoms with Crippen molar-refractivity contribution >= 4 is 46.0 Å². The summed E-state index contributed by atoms with van der Waals surface area (Å²) in [7, 11) is 1.71. The van der Waals surface area contributed by atoms with Crippen LogP contribution >= 0.6 is 35.0 Å². The van der Waals surface area contributed by atoms with Gasteiger partial charge in [-0.15, -0.1) is 11.8 Å². The Morgan fingerprint density at radius 1 is 1.09 bits per heavy atom. The molecule has 0 amide bonds. The van der Waals surface area contributed by atoms with Gasteiger partial charge in [0.1, 0.15) is 5.82 Å². The van der Waals surface area contributed by atoms with Gasteiger partial charge in [0.2, 0.25) is 0 Å². The molecule has 0 spiro atoms. The van der Waals surface area contributed by atoms with Crippen molar-refractivity contribution < 1.29 is 4.74 Å². The molecule has 3 aromatic rings. The minimum absolute atomic E-state index is 0.646. The molecule has 0 aliphatic heterocycles. The van der Waals surface area contributed by atoms with E-state index in [1.54, 1.807) is 18.9 Å². The fourth-order valence-electron chi connectivity index (χ4n) is 2.37. The number of hydrogen-bond donors (Lipinski definition) is 0. The summed E-state index contributed by atoms with van der Waals surface area (Å²) in [4.78, 5) is 5.90. The predicted octanol–water partition coefficient (Wildman–Crippen LogP) is 5.28. The van der Waals surface area contributed by atoms with E-state index in [9.17, 15) is 0 Å². The molecule has 1 aromatic heterocycles. The number of nitrogens with zero attached hydrogens (tertiary/aromatic N) is 2. The average molecular weight is 367 g/mol. The molecule has 3 nitrogen and oxygen atoms in total. The monoisotopic (exact) mass is 366 g/mol. The van der Waals surface area contributed by atoms with Crippen molar-refractivity contribution in [1.82, 2.24) is 9.55 Å². The number of aromatic nitrogens is 2. The molecule has 0 radical (unpaired) electrons. The zero-order chi connectivity index (χ0) is 16.2. The molecule has 120 valence electrons. The van der Waals surface area contributed by atoms with Gasteiger partial charge in [-0.2, -0.15) is 0 Å². The fourth-order valence-corrected chi connectivity index (χ4v) is 3.51. The third-order valence-electron chi connectivity index (χ3n) is 3.49. The first-order valence-corrected chi connectivity index (χ1v) is 8.93. The minimum atomic E-state index is 0.646. The minimum Gasteiger partial charge on any atom is -0.383 e. The van der Waals surface area contributed by atoms with Crippen molar-refractivity contribution in [3.05, 3.63) is 58.3 Å². The van der Waals surface area contributed by atoms with E-state index in [1.807, 2.05) is 42.5 Å². The van der Waals surface area contributed by atoms with E-state index in [-0.39, 0.29) is 0 Å². The van der Waals surface area contributed by atoms with Crippen LogP contribution in [0.1, 0.15) is 5.82 Å². The van der Waals surface area contributed by atoms with E-state index in [4.69, 9.17) is 32.9 Å². The van der Waals surface area contributed by atoms with Crippen molar-refractivity contribution in [1.29, 1.82) is 0 Å². The van der Waals surface area contributed by atoms with Gasteiger partial charge >= 0.3 is 0 Å².